The number of benzene rings is 3. The Morgan fingerprint density at radius 1 is 1.00 bits per heavy atom. The van der Waals surface area contributed by atoms with Crippen LogP contribution in [0, 0.1) is 13.8 Å². The van der Waals surface area contributed by atoms with Gasteiger partial charge in [-0.25, -0.2) is 13.8 Å². The zero-order valence-electron chi connectivity index (χ0n) is 22.5. The van der Waals surface area contributed by atoms with Crippen molar-refractivity contribution in [3.63, 3.8) is 0 Å². The second-order valence-electron chi connectivity index (χ2n) is 8.79. The number of hydrazone groups is 1. The van der Waals surface area contributed by atoms with Crippen LogP contribution in [0.1, 0.15) is 17.0 Å². The number of amides is 1. The molecule has 208 valence electrons. The Morgan fingerprint density at radius 3 is 2.35 bits per heavy atom. The first-order valence-corrected chi connectivity index (χ1v) is 14.5. The molecule has 0 radical (unpaired) electrons. The molecule has 0 bridgehead atoms. The number of hydrogen-bond acceptors (Lipinski definition) is 6. The van der Waals surface area contributed by atoms with Gasteiger partial charge in [0.05, 0.1) is 31.0 Å². The summed E-state index contributed by atoms with van der Waals surface area (Å²) in [5.41, 5.74) is 6.36. The third-order valence-electron chi connectivity index (χ3n) is 6.22. The van der Waals surface area contributed by atoms with Crippen LogP contribution >= 0.6 is 15.9 Å². The van der Waals surface area contributed by atoms with Gasteiger partial charge in [0, 0.05) is 33.2 Å². The molecule has 9 nitrogen and oxygen atoms in total. The van der Waals surface area contributed by atoms with E-state index in [9.17, 15) is 13.2 Å². The van der Waals surface area contributed by atoms with E-state index in [1.54, 1.807) is 30.3 Å². The highest BCUT2D eigenvalue weighted by atomic mass is 79.9. The van der Waals surface area contributed by atoms with Crippen molar-refractivity contribution in [3.05, 3.63) is 100 Å². The van der Waals surface area contributed by atoms with Gasteiger partial charge in [0.2, 0.25) is 0 Å². The average molecular weight is 626 g/mol. The van der Waals surface area contributed by atoms with Crippen LogP contribution in [0.25, 0.3) is 5.69 Å². The largest absolute Gasteiger partial charge is 0.497 e. The van der Waals surface area contributed by atoms with Gasteiger partial charge < -0.3 is 14.0 Å². The molecule has 0 fully saturated rings. The zero-order chi connectivity index (χ0) is 28.9. The molecule has 0 saturated carbocycles. The van der Waals surface area contributed by atoms with Gasteiger partial charge in [-0.2, -0.15) is 5.10 Å². The number of nitrogens with zero attached hydrogens (tertiary/aromatic N) is 3. The molecule has 40 heavy (non-hydrogen) atoms. The number of carbonyl (C=O) groups excluding carboxylic acids is 1. The number of methoxy groups -OCH3 is 2. The number of ether oxygens (including phenoxy) is 2. The van der Waals surface area contributed by atoms with Crippen LogP contribution in [0.4, 0.5) is 5.69 Å². The van der Waals surface area contributed by atoms with Crippen LogP contribution in [0.5, 0.6) is 11.5 Å². The van der Waals surface area contributed by atoms with E-state index >= 15 is 0 Å². The Kier molecular flexibility index (Phi) is 8.96. The molecule has 1 amide bonds. The molecule has 0 unspecified atom stereocenters. The minimum Gasteiger partial charge on any atom is -0.497 e. The zero-order valence-corrected chi connectivity index (χ0v) is 24.9. The Labute approximate surface area is 242 Å². The molecule has 0 aliphatic heterocycles. The predicted molar refractivity (Wildman–Crippen MR) is 159 cm³/mol. The van der Waals surface area contributed by atoms with Crippen molar-refractivity contribution in [3.8, 4) is 17.2 Å². The molecule has 1 N–H and O–H groups in total. The summed E-state index contributed by atoms with van der Waals surface area (Å²) in [7, 11) is -1.25. The van der Waals surface area contributed by atoms with Gasteiger partial charge in [0.1, 0.15) is 18.0 Å². The number of aryl methyl sites for hydroxylation is 1. The monoisotopic (exact) mass is 624 g/mol. The molecule has 0 spiro atoms. The molecule has 0 aliphatic carbocycles. The van der Waals surface area contributed by atoms with Crippen molar-refractivity contribution in [2.75, 3.05) is 25.1 Å². The van der Waals surface area contributed by atoms with Crippen molar-refractivity contribution < 1.29 is 22.7 Å². The second kappa shape index (κ2) is 12.4. The van der Waals surface area contributed by atoms with Gasteiger partial charge >= 0.3 is 0 Å². The summed E-state index contributed by atoms with van der Waals surface area (Å²) >= 11 is 3.46. The van der Waals surface area contributed by atoms with Crippen LogP contribution in [-0.2, 0) is 14.8 Å². The van der Waals surface area contributed by atoms with Gasteiger partial charge in [0.25, 0.3) is 15.9 Å². The molecule has 1 heterocycles. The SMILES string of the molecule is COc1ccc(OC)c(N(CC(=O)N/N=C/c2cc(C)n(-c3ccc(Br)cc3)c2C)S(=O)(=O)c2ccccc2)c1. The first-order chi connectivity index (χ1) is 19.1. The van der Waals surface area contributed by atoms with E-state index in [2.05, 4.69) is 31.0 Å². The van der Waals surface area contributed by atoms with Crippen molar-refractivity contribution in [2.45, 2.75) is 18.7 Å². The van der Waals surface area contributed by atoms with E-state index in [-0.39, 0.29) is 16.3 Å². The van der Waals surface area contributed by atoms with Gasteiger partial charge in [-0.1, -0.05) is 34.1 Å². The van der Waals surface area contributed by atoms with Crippen LogP contribution < -0.4 is 19.2 Å². The van der Waals surface area contributed by atoms with Crippen molar-refractivity contribution in [2.24, 2.45) is 5.10 Å². The molecular formula is C29H29BrN4O5S. The van der Waals surface area contributed by atoms with E-state index in [0.29, 0.717) is 5.75 Å². The fourth-order valence-electron chi connectivity index (χ4n) is 4.26. The number of anilines is 1. The van der Waals surface area contributed by atoms with Crippen LogP contribution in [0.3, 0.4) is 0 Å². The lowest BCUT2D eigenvalue weighted by Crippen LogP contribution is -2.39. The third-order valence-corrected chi connectivity index (χ3v) is 8.52. The van der Waals surface area contributed by atoms with Crippen molar-refractivity contribution in [1.29, 1.82) is 0 Å². The summed E-state index contributed by atoms with van der Waals surface area (Å²) in [6.07, 6.45) is 1.54. The van der Waals surface area contributed by atoms with Crippen LogP contribution in [0.2, 0.25) is 0 Å². The van der Waals surface area contributed by atoms with Crippen molar-refractivity contribution in [1.82, 2.24) is 9.99 Å². The summed E-state index contributed by atoms with van der Waals surface area (Å²) in [5, 5.41) is 4.12. The van der Waals surface area contributed by atoms with Gasteiger partial charge in [-0.15, -0.1) is 0 Å². The number of hydrogen-bond donors (Lipinski definition) is 1. The number of carbonyl (C=O) groups is 1. The molecule has 1 aromatic heterocycles. The minimum atomic E-state index is -4.15. The fourth-order valence-corrected chi connectivity index (χ4v) is 5.97. The van der Waals surface area contributed by atoms with Gasteiger partial charge in [-0.05, 0) is 68.4 Å². The maximum absolute atomic E-state index is 13.7. The van der Waals surface area contributed by atoms with E-state index in [1.165, 1.54) is 38.6 Å². The highest BCUT2D eigenvalue weighted by molar-refractivity contribution is 9.10. The Bertz CT molecular complexity index is 1640. The van der Waals surface area contributed by atoms with E-state index < -0.39 is 22.5 Å². The smallest absolute Gasteiger partial charge is 0.264 e. The van der Waals surface area contributed by atoms with Crippen LogP contribution in [-0.4, -0.2) is 45.9 Å². The van der Waals surface area contributed by atoms with E-state index in [0.717, 1.165) is 31.4 Å². The lowest BCUT2D eigenvalue weighted by Gasteiger charge is -2.25. The Hall–Kier alpha value is -4.09. The maximum atomic E-state index is 13.7. The molecular weight excluding hydrogens is 596 g/mol. The van der Waals surface area contributed by atoms with Gasteiger partial charge in [0.15, 0.2) is 0 Å². The third kappa shape index (κ3) is 6.21. The first-order valence-electron chi connectivity index (χ1n) is 12.2. The number of nitrogens with one attached hydrogen (secondary N) is 1. The first kappa shape index (κ1) is 28.9. The standard InChI is InChI=1S/C29H29BrN4O5S/c1-20-16-22(21(2)34(20)24-12-10-23(30)11-13-24)18-31-32-29(35)19-33(40(36,37)26-8-6-5-7-9-26)27-17-25(38-3)14-15-28(27)39-4/h5-18H,19H2,1-4H3,(H,32,35)/b31-18+. The molecule has 11 heteroatoms. The Balaban J connectivity index is 1.60. The maximum Gasteiger partial charge on any atom is 0.264 e. The summed E-state index contributed by atoms with van der Waals surface area (Å²) in [6.45, 7) is 3.40. The molecule has 4 rings (SSSR count). The highest BCUT2D eigenvalue weighted by Gasteiger charge is 2.30. The minimum absolute atomic E-state index is 0.0246. The lowest BCUT2D eigenvalue weighted by atomic mass is 10.2. The predicted octanol–water partition coefficient (Wildman–Crippen LogP) is 5.22. The average Bonchev–Trinajstić information content (AvgIpc) is 3.24. The summed E-state index contributed by atoms with van der Waals surface area (Å²) in [6, 6.07) is 22.5. The summed E-state index contributed by atoms with van der Waals surface area (Å²) < 4.78 is 42.1. The second-order valence-corrected chi connectivity index (χ2v) is 11.6. The molecule has 0 atom stereocenters. The van der Waals surface area contributed by atoms with Gasteiger partial charge in [-0.3, -0.25) is 9.10 Å². The lowest BCUT2D eigenvalue weighted by molar-refractivity contribution is -0.119. The highest BCUT2D eigenvalue weighted by Crippen LogP contribution is 2.35. The Morgan fingerprint density at radius 2 is 1.70 bits per heavy atom. The molecule has 0 saturated heterocycles. The quantitative estimate of drug-likeness (QED) is 0.192. The topological polar surface area (TPSA) is 102 Å². The number of aromatic nitrogens is 1. The number of halogens is 1. The number of sulfonamides is 1. The van der Waals surface area contributed by atoms with E-state index in [4.69, 9.17) is 9.47 Å². The van der Waals surface area contributed by atoms with Crippen molar-refractivity contribution >= 4 is 43.8 Å². The summed E-state index contributed by atoms with van der Waals surface area (Å²) in [5.74, 6) is 0.0305. The number of rotatable bonds is 10. The van der Waals surface area contributed by atoms with Crippen LogP contribution in [0.15, 0.2) is 93.3 Å². The molecule has 4 aromatic rings. The normalized spacial score (nSPS) is 11.4. The fraction of sp³-hybridized carbons (Fsp3) is 0.172. The van der Waals surface area contributed by atoms with E-state index in [1.807, 2.05) is 44.2 Å². The molecule has 3 aromatic carbocycles. The summed E-state index contributed by atoms with van der Waals surface area (Å²) in [4.78, 5) is 13.1. The molecule has 0 aliphatic rings.